The number of hydroxylamine groups is 1. The van der Waals surface area contributed by atoms with Crippen LogP contribution in [-0.4, -0.2) is 57.7 Å². The molecule has 9 nitrogen and oxygen atoms in total. The monoisotopic (exact) mass is 461 g/mol. The van der Waals surface area contributed by atoms with Crippen LogP contribution in [0.3, 0.4) is 0 Å². The van der Waals surface area contributed by atoms with Crippen molar-refractivity contribution < 1.29 is 28.6 Å². The second-order valence-corrected chi connectivity index (χ2v) is 10.2. The summed E-state index contributed by atoms with van der Waals surface area (Å²) in [6.45, 7) is 1.67. The van der Waals surface area contributed by atoms with Crippen LogP contribution in [-0.2, 0) is 16.1 Å². The lowest BCUT2D eigenvalue weighted by molar-refractivity contribution is -0.138. The van der Waals surface area contributed by atoms with Crippen molar-refractivity contribution in [3.05, 3.63) is 59.7 Å². The highest BCUT2D eigenvalue weighted by molar-refractivity contribution is 8.24. The van der Waals surface area contributed by atoms with Crippen molar-refractivity contribution in [1.29, 1.82) is 0 Å². The molecule has 5 N–H and O–H groups in total. The van der Waals surface area contributed by atoms with E-state index in [2.05, 4.69) is 10.2 Å². The topological polar surface area (TPSA) is 131 Å². The summed E-state index contributed by atoms with van der Waals surface area (Å²) >= 11 is 0. The molecule has 2 amide bonds. The molecular formula is C22H27N3O6S. The average Bonchev–Trinajstić information content (AvgIpc) is 2.81. The highest BCUT2D eigenvalue weighted by Crippen LogP contribution is 2.55. The number of fused-ring (bicyclic) bond motifs is 1. The third kappa shape index (κ3) is 4.74. The highest BCUT2D eigenvalue weighted by atomic mass is 32.3. The lowest BCUT2D eigenvalue weighted by Gasteiger charge is -2.43. The second-order valence-electron chi connectivity index (χ2n) is 7.98. The van der Waals surface area contributed by atoms with Crippen molar-refractivity contribution in [2.75, 3.05) is 30.4 Å². The van der Waals surface area contributed by atoms with E-state index in [-0.39, 0.29) is 18.3 Å². The quantitative estimate of drug-likeness (QED) is 0.341. The van der Waals surface area contributed by atoms with Crippen LogP contribution in [0.4, 0.5) is 5.69 Å². The summed E-state index contributed by atoms with van der Waals surface area (Å²) in [6.07, 6.45) is 0.482. The lowest BCUT2D eigenvalue weighted by atomic mass is 9.94. The first kappa shape index (κ1) is 22.6. The van der Waals surface area contributed by atoms with Crippen LogP contribution in [0.5, 0.6) is 0 Å². The molecule has 0 unspecified atom stereocenters. The number of rotatable bonds is 5. The summed E-state index contributed by atoms with van der Waals surface area (Å²) in [5, 5.41) is 11.8. The Hall–Kier alpha value is -2.63. The van der Waals surface area contributed by atoms with Gasteiger partial charge in [-0.1, -0.05) is 24.3 Å². The number of carbonyl (C=O) groups is 2. The number of benzene rings is 2. The molecule has 2 aromatic carbocycles. The van der Waals surface area contributed by atoms with Crippen LogP contribution in [0.25, 0.3) is 0 Å². The van der Waals surface area contributed by atoms with Crippen molar-refractivity contribution in [3.8, 4) is 0 Å². The molecule has 2 aromatic rings. The van der Waals surface area contributed by atoms with E-state index >= 15 is 0 Å². The molecular weight excluding hydrogens is 434 g/mol. The Morgan fingerprint density at radius 1 is 1.12 bits per heavy atom. The van der Waals surface area contributed by atoms with Crippen LogP contribution in [0.15, 0.2) is 53.4 Å². The maximum atomic E-state index is 12.7. The number of nitrogens with zero attached hydrogens (tertiary/aromatic N) is 1. The molecule has 1 saturated heterocycles. The first-order chi connectivity index (χ1) is 15.4. The minimum atomic E-state index is -2.76. The molecule has 172 valence electrons. The number of hydrogen-bond acceptors (Lipinski definition) is 7. The van der Waals surface area contributed by atoms with Gasteiger partial charge in [0.15, 0.2) is 0 Å². The molecule has 0 aromatic heterocycles. The smallest absolute Gasteiger partial charge is 0.251 e. The van der Waals surface area contributed by atoms with Gasteiger partial charge in [0.2, 0.25) is 0 Å². The molecule has 0 saturated carbocycles. The summed E-state index contributed by atoms with van der Waals surface area (Å²) in [6, 6.07) is 14.1. The van der Waals surface area contributed by atoms with Gasteiger partial charge < -0.3 is 15.0 Å². The van der Waals surface area contributed by atoms with E-state index in [4.69, 9.17) is 9.94 Å². The maximum Gasteiger partial charge on any atom is 0.251 e. The third-order valence-corrected chi connectivity index (χ3v) is 7.71. The molecule has 10 heteroatoms. The van der Waals surface area contributed by atoms with Gasteiger partial charge in [0.1, 0.15) is 0 Å². The molecule has 32 heavy (non-hydrogen) atoms. The molecule has 2 aliphatic rings. The first-order valence-corrected chi connectivity index (χ1v) is 12.1. The molecule has 0 spiro atoms. The van der Waals surface area contributed by atoms with Gasteiger partial charge in [-0.25, -0.2) is 5.48 Å². The zero-order valence-electron chi connectivity index (χ0n) is 17.4. The van der Waals surface area contributed by atoms with Crippen LogP contribution < -0.4 is 15.7 Å². The molecule has 0 bridgehead atoms. The summed E-state index contributed by atoms with van der Waals surface area (Å²) in [7, 11) is -2.76. The maximum absolute atomic E-state index is 12.7. The molecule has 4 rings (SSSR count). The van der Waals surface area contributed by atoms with Crippen molar-refractivity contribution in [2.45, 2.75) is 23.9 Å². The zero-order valence-corrected chi connectivity index (χ0v) is 18.3. The van der Waals surface area contributed by atoms with Crippen LogP contribution in [0.2, 0.25) is 0 Å². The Morgan fingerprint density at radius 2 is 1.88 bits per heavy atom. The first-order valence-electron chi connectivity index (χ1n) is 10.4. The Labute approximate surface area is 187 Å². The fraction of sp³-hybridized carbons (Fsp3) is 0.364. The summed E-state index contributed by atoms with van der Waals surface area (Å²) in [4.78, 5) is 27.2. The zero-order chi connectivity index (χ0) is 22.7. The van der Waals surface area contributed by atoms with E-state index in [1.54, 1.807) is 29.7 Å². The van der Waals surface area contributed by atoms with Gasteiger partial charge in [0.25, 0.3) is 11.8 Å². The normalized spacial score (nSPS) is 23.0. The molecule has 1 fully saturated rings. The van der Waals surface area contributed by atoms with E-state index in [0.717, 1.165) is 11.3 Å². The minimum Gasteiger partial charge on any atom is -0.380 e. The van der Waals surface area contributed by atoms with Crippen LogP contribution in [0, 0.1) is 5.92 Å². The van der Waals surface area contributed by atoms with Gasteiger partial charge in [-0.2, -0.15) is 10.6 Å². The summed E-state index contributed by atoms with van der Waals surface area (Å²) in [5.74, 6) is -1.23. The van der Waals surface area contributed by atoms with Crippen LogP contribution >= 0.6 is 10.6 Å². The van der Waals surface area contributed by atoms with E-state index in [1.165, 1.54) is 0 Å². The highest BCUT2D eigenvalue weighted by Gasteiger charge is 2.33. The van der Waals surface area contributed by atoms with Gasteiger partial charge in [0, 0.05) is 31.3 Å². The predicted molar refractivity (Wildman–Crippen MR) is 120 cm³/mol. The van der Waals surface area contributed by atoms with Gasteiger partial charge in [0.05, 0.1) is 28.9 Å². The largest absolute Gasteiger partial charge is 0.380 e. The van der Waals surface area contributed by atoms with Gasteiger partial charge in [-0.3, -0.25) is 23.9 Å². The molecule has 2 heterocycles. The Kier molecular flexibility index (Phi) is 6.68. The number of ether oxygens (including phenoxy) is 1. The predicted octanol–water partition coefficient (Wildman–Crippen LogP) is 2.46. The van der Waals surface area contributed by atoms with Gasteiger partial charge in [-0.05, 0) is 36.2 Å². The van der Waals surface area contributed by atoms with E-state index < -0.39 is 28.5 Å². The molecule has 2 aliphatic heterocycles. The number of amides is 2. The molecule has 2 atom stereocenters. The van der Waals surface area contributed by atoms with E-state index in [9.17, 15) is 18.7 Å². The van der Waals surface area contributed by atoms with Gasteiger partial charge in [-0.15, -0.1) is 0 Å². The van der Waals surface area contributed by atoms with Gasteiger partial charge >= 0.3 is 0 Å². The summed E-state index contributed by atoms with van der Waals surface area (Å²) in [5.41, 5.74) is 3.90. The fourth-order valence-electron chi connectivity index (χ4n) is 4.11. The van der Waals surface area contributed by atoms with Crippen LogP contribution in [0.1, 0.15) is 22.3 Å². The number of nitrogens with one attached hydrogen (secondary N) is 2. The number of anilines is 1. The lowest BCUT2D eigenvalue weighted by Crippen LogP contribution is -2.51. The second kappa shape index (κ2) is 9.47. The average molecular weight is 462 g/mol. The number of para-hydroxylation sites is 1. The fourth-order valence-corrected chi connectivity index (χ4v) is 5.64. The number of hydrogen-bond donors (Lipinski definition) is 5. The van der Waals surface area contributed by atoms with E-state index in [1.807, 2.05) is 24.3 Å². The SMILES string of the molecule is O=C(N[C@@H]1CCOC[C@@H]1C(=O)NO)c1ccc(CN2CCS(O)(O)c3ccccc32)cc1. The Morgan fingerprint density at radius 3 is 2.62 bits per heavy atom. The third-order valence-electron chi connectivity index (χ3n) is 5.91. The Balaban J connectivity index is 1.42. The standard InChI is InChI=1S/C22H27N3O6S/c26-21(23-18-9-11-31-14-17(18)22(27)24-28)16-7-5-15(6-8-16)13-25-10-12-32(29,30)20-4-2-1-3-19(20)25/h1-8,17-18,28-30H,9-14H2,(H,23,26)(H,24,27)/t17-,18+/m0/s1. The van der Waals surface area contributed by atoms with Crippen molar-refractivity contribution in [1.82, 2.24) is 10.8 Å². The van der Waals surface area contributed by atoms with Crippen molar-refractivity contribution in [2.24, 2.45) is 5.92 Å². The molecule has 0 aliphatic carbocycles. The molecule has 0 radical (unpaired) electrons. The van der Waals surface area contributed by atoms with E-state index in [0.29, 0.717) is 36.6 Å². The minimum absolute atomic E-state index is 0.137. The summed E-state index contributed by atoms with van der Waals surface area (Å²) < 4.78 is 26.0. The van der Waals surface area contributed by atoms with Crippen molar-refractivity contribution in [3.63, 3.8) is 0 Å². The van der Waals surface area contributed by atoms with Crippen molar-refractivity contribution >= 4 is 28.1 Å². The Bertz CT molecular complexity index is 984. The number of carbonyl (C=O) groups excluding carboxylic acids is 2.